The number of unbranched alkanes of at least 4 members (excludes halogenated alkanes) is 1. The van der Waals surface area contributed by atoms with Crippen LogP contribution in [0, 0.1) is 0 Å². The smallest absolute Gasteiger partial charge is 0.325 e. The number of rotatable bonds is 16. The van der Waals surface area contributed by atoms with E-state index >= 15 is 0 Å². The number of carboxylic acids is 2. The molecule has 4 heterocycles. The molecule has 2 aromatic heterocycles. The zero-order valence-electron chi connectivity index (χ0n) is 28.3. The second-order valence-electron chi connectivity index (χ2n) is 13.5. The van der Waals surface area contributed by atoms with Gasteiger partial charge >= 0.3 is 11.9 Å². The van der Waals surface area contributed by atoms with Gasteiger partial charge in [-0.2, -0.15) is 4.72 Å². The topological polar surface area (TPSA) is 195 Å². The van der Waals surface area contributed by atoms with Crippen molar-refractivity contribution in [3.8, 4) is 11.5 Å². The molecule has 0 amide bonds. The quantitative estimate of drug-likeness (QED) is 0.0891. The summed E-state index contributed by atoms with van der Waals surface area (Å²) in [7, 11) is -4.74. The molecule has 2 aliphatic rings. The fourth-order valence-electron chi connectivity index (χ4n) is 7.07. The van der Waals surface area contributed by atoms with Crippen molar-refractivity contribution in [3.63, 3.8) is 0 Å². The van der Waals surface area contributed by atoms with E-state index in [2.05, 4.69) is 25.3 Å². The zero-order chi connectivity index (χ0) is 35.3. The van der Waals surface area contributed by atoms with Gasteiger partial charge in [0.1, 0.15) is 29.2 Å². The Morgan fingerprint density at radius 3 is 1.88 bits per heavy atom. The molecule has 0 bridgehead atoms. The molecule has 2 unspecified atom stereocenters. The Morgan fingerprint density at radius 1 is 0.860 bits per heavy atom. The molecule has 2 atom stereocenters. The van der Waals surface area contributed by atoms with E-state index in [0.29, 0.717) is 51.8 Å². The number of piperidine rings is 2. The van der Waals surface area contributed by atoms with Crippen LogP contribution < -0.4 is 24.8 Å². The Kier molecular flexibility index (Phi) is 11.0. The molecule has 4 aromatic rings. The van der Waals surface area contributed by atoms with Gasteiger partial charge in [-0.1, -0.05) is 19.8 Å². The van der Waals surface area contributed by atoms with E-state index in [4.69, 9.17) is 9.47 Å². The van der Waals surface area contributed by atoms with Crippen LogP contribution in [0.3, 0.4) is 0 Å². The fraction of sp³-hybridized carbons (Fsp3) is 0.500. The number of benzene rings is 2. The Labute approximate surface area is 291 Å². The zero-order valence-corrected chi connectivity index (χ0v) is 29.1. The van der Waals surface area contributed by atoms with Gasteiger partial charge in [0, 0.05) is 47.0 Å². The molecule has 2 aliphatic heterocycles. The average Bonchev–Trinajstić information content (AvgIpc) is 3.69. The summed E-state index contributed by atoms with van der Waals surface area (Å²) in [5.74, 6) is -1.68. The van der Waals surface area contributed by atoms with Gasteiger partial charge in [0.25, 0.3) is 0 Å². The normalized spacial score (nSPS) is 18.2. The van der Waals surface area contributed by atoms with E-state index in [1.807, 2.05) is 37.3 Å². The number of aromatic nitrogens is 2. The molecular formula is C36H47N5O8S. The minimum Gasteiger partial charge on any atom is -0.490 e. The summed E-state index contributed by atoms with van der Waals surface area (Å²) in [6.07, 6.45) is 7.25. The first-order chi connectivity index (χ1) is 24.1. The second-order valence-corrected chi connectivity index (χ2v) is 15.4. The standard InChI is InChI=1S/C36H47N5O8S/c1-2-3-12-36(35(44)45,20-24-22-40-32-7-5-28(19-30(24)32)49-26-10-15-38-16-11-26)41-50(46,47)33(34(42)43)17-23-21-39-31-6-4-27(18-29(23)31)48-25-8-13-37-14-9-25/h4-7,18-19,21-22,25-26,33,37-41H,2-3,8-17,20H2,1H3,(H,42,43)(H,44,45). The summed E-state index contributed by atoms with van der Waals surface area (Å²) in [5, 5.41) is 27.0. The lowest BCUT2D eigenvalue weighted by Crippen LogP contribution is -2.59. The number of fused-ring (bicyclic) bond motifs is 2. The molecule has 2 fully saturated rings. The molecule has 6 rings (SSSR count). The third-order valence-corrected chi connectivity index (χ3v) is 11.7. The minimum atomic E-state index is -4.74. The lowest BCUT2D eigenvalue weighted by molar-refractivity contribution is -0.144. The molecule has 2 saturated heterocycles. The Balaban J connectivity index is 1.27. The van der Waals surface area contributed by atoms with Crippen LogP contribution in [0.25, 0.3) is 21.8 Å². The number of carbonyl (C=O) groups is 2. The number of aliphatic carboxylic acids is 2. The molecule has 14 heteroatoms. The minimum absolute atomic E-state index is 0.0349. The molecule has 0 saturated carbocycles. The number of hydrogen-bond donors (Lipinski definition) is 7. The maximum atomic E-state index is 14.1. The predicted octanol–water partition coefficient (Wildman–Crippen LogP) is 4.08. The fourth-order valence-corrected chi connectivity index (χ4v) is 8.68. The molecule has 0 spiro atoms. The van der Waals surface area contributed by atoms with Crippen LogP contribution in [0.5, 0.6) is 11.5 Å². The maximum absolute atomic E-state index is 14.1. The van der Waals surface area contributed by atoms with Gasteiger partial charge in [0.2, 0.25) is 10.0 Å². The van der Waals surface area contributed by atoms with Crippen molar-refractivity contribution in [3.05, 3.63) is 59.9 Å². The summed E-state index contributed by atoms with van der Waals surface area (Å²) in [4.78, 5) is 32.1. The van der Waals surface area contributed by atoms with Crippen molar-refractivity contribution in [2.75, 3.05) is 26.2 Å². The number of aromatic amines is 2. The van der Waals surface area contributed by atoms with Gasteiger partial charge in [-0.15, -0.1) is 0 Å². The SMILES string of the molecule is CCCCC(Cc1c[nH]c2ccc(OC3CCNCC3)cc12)(NS(=O)(=O)C(Cc1c[nH]c2ccc(OC3CCNCC3)cc12)C(=O)O)C(=O)O. The summed E-state index contributed by atoms with van der Waals surface area (Å²) < 4.78 is 43.0. The van der Waals surface area contributed by atoms with Gasteiger partial charge < -0.3 is 40.3 Å². The third kappa shape index (κ3) is 8.09. The first kappa shape index (κ1) is 35.7. The van der Waals surface area contributed by atoms with Crippen LogP contribution in [-0.2, 0) is 32.5 Å². The molecular weight excluding hydrogens is 662 g/mol. The number of ether oxygens (including phenoxy) is 2. The summed E-state index contributed by atoms with van der Waals surface area (Å²) in [6.45, 7) is 5.34. The number of sulfonamides is 1. The second kappa shape index (κ2) is 15.4. The van der Waals surface area contributed by atoms with E-state index in [9.17, 15) is 28.2 Å². The lowest BCUT2D eigenvalue weighted by atomic mass is 9.86. The number of hydrogen-bond acceptors (Lipinski definition) is 8. The average molecular weight is 710 g/mol. The van der Waals surface area contributed by atoms with Crippen molar-refractivity contribution in [2.24, 2.45) is 0 Å². The van der Waals surface area contributed by atoms with Crippen LogP contribution in [0.15, 0.2) is 48.8 Å². The van der Waals surface area contributed by atoms with Gasteiger partial charge in [0.05, 0.1) is 0 Å². The van der Waals surface area contributed by atoms with E-state index in [1.165, 1.54) is 0 Å². The van der Waals surface area contributed by atoms with Crippen LogP contribution in [0.1, 0.15) is 63.0 Å². The van der Waals surface area contributed by atoms with Crippen LogP contribution in [0.2, 0.25) is 0 Å². The van der Waals surface area contributed by atoms with Gasteiger partial charge in [-0.05, 0) is 106 Å². The van der Waals surface area contributed by atoms with Crippen LogP contribution in [0.4, 0.5) is 0 Å². The Hall–Kier alpha value is -4.11. The van der Waals surface area contributed by atoms with E-state index in [1.54, 1.807) is 18.5 Å². The van der Waals surface area contributed by atoms with Gasteiger partial charge in [-0.25, -0.2) is 8.42 Å². The molecule has 13 nitrogen and oxygen atoms in total. The van der Waals surface area contributed by atoms with E-state index in [-0.39, 0.29) is 31.5 Å². The predicted molar refractivity (Wildman–Crippen MR) is 190 cm³/mol. The third-order valence-electron chi connectivity index (χ3n) is 9.91. The summed E-state index contributed by atoms with van der Waals surface area (Å²) >= 11 is 0. The Morgan fingerprint density at radius 2 is 1.38 bits per heavy atom. The van der Waals surface area contributed by atoms with Crippen molar-refractivity contribution in [1.82, 2.24) is 25.3 Å². The summed E-state index contributed by atoms with van der Waals surface area (Å²) in [6, 6.07) is 11.0. The van der Waals surface area contributed by atoms with Gasteiger partial charge in [0.15, 0.2) is 5.25 Å². The monoisotopic (exact) mass is 709 g/mol. The van der Waals surface area contributed by atoms with Crippen molar-refractivity contribution < 1.29 is 37.7 Å². The largest absolute Gasteiger partial charge is 0.490 e. The van der Waals surface area contributed by atoms with Crippen molar-refractivity contribution >= 4 is 43.8 Å². The van der Waals surface area contributed by atoms with Crippen LogP contribution >= 0.6 is 0 Å². The lowest BCUT2D eigenvalue weighted by Gasteiger charge is -2.31. The van der Waals surface area contributed by atoms with Crippen LogP contribution in [-0.4, -0.2) is 89.7 Å². The Bertz CT molecular complexity index is 1910. The number of nitrogens with one attached hydrogen (secondary N) is 5. The molecule has 7 N–H and O–H groups in total. The molecule has 0 radical (unpaired) electrons. The molecule has 50 heavy (non-hydrogen) atoms. The van der Waals surface area contributed by atoms with Crippen molar-refractivity contribution in [2.45, 2.75) is 87.7 Å². The number of H-pyrrole nitrogens is 2. The highest BCUT2D eigenvalue weighted by molar-refractivity contribution is 7.90. The molecule has 2 aromatic carbocycles. The number of carboxylic acid groups (broad SMARTS) is 2. The highest BCUT2D eigenvalue weighted by atomic mass is 32.2. The van der Waals surface area contributed by atoms with Crippen molar-refractivity contribution in [1.29, 1.82) is 0 Å². The van der Waals surface area contributed by atoms with E-state index < -0.39 is 32.8 Å². The first-order valence-corrected chi connectivity index (χ1v) is 19.1. The maximum Gasteiger partial charge on any atom is 0.325 e. The molecule has 0 aliphatic carbocycles. The highest BCUT2D eigenvalue weighted by Gasteiger charge is 2.46. The highest BCUT2D eigenvalue weighted by Crippen LogP contribution is 2.32. The van der Waals surface area contributed by atoms with Gasteiger partial charge in [-0.3, -0.25) is 9.59 Å². The molecule has 270 valence electrons. The van der Waals surface area contributed by atoms with E-state index in [0.717, 1.165) is 57.4 Å². The first-order valence-electron chi connectivity index (χ1n) is 17.5. The summed E-state index contributed by atoms with van der Waals surface area (Å²) in [5.41, 5.74) is 0.515.